The molecular weight excluding hydrogens is 404 g/mol. The van der Waals surface area contributed by atoms with Crippen molar-refractivity contribution >= 4 is 27.4 Å². The van der Waals surface area contributed by atoms with Crippen molar-refractivity contribution in [2.24, 2.45) is 0 Å². The first-order chi connectivity index (χ1) is 14.4. The number of fused-ring (bicyclic) bond motifs is 1. The van der Waals surface area contributed by atoms with E-state index in [-0.39, 0.29) is 12.3 Å². The second-order valence-electron chi connectivity index (χ2n) is 6.97. The average molecular weight is 427 g/mol. The molecule has 4 rings (SSSR count). The van der Waals surface area contributed by atoms with Crippen LogP contribution in [0.4, 0.5) is 16.2 Å². The number of aryl methyl sites for hydroxylation is 1. The van der Waals surface area contributed by atoms with Crippen LogP contribution in [0.2, 0.25) is 0 Å². The van der Waals surface area contributed by atoms with E-state index >= 15 is 0 Å². The largest absolute Gasteiger partial charge is 0.337 e. The molecule has 0 aliphatic carbocycles. The zero-order valence-corrected chi connectivity index (χ0v) is 17.2. The smallest absolute Gasteiger partial charge is 0.319 e. The first-order valence-electron chi connectivity index (χ1n) is 9.55. The van der Waals surface area contributed by atoms with Crippen molar-refractivity contribution < 1.29 is 13.2 Å². The molecule has 0 radical (unpaired) electrons. The Labute approximate surface area is 174 Å². The van der Waals surface area contributed by atoms with Gasteiger partial charge in [0.15, 0.2) is 5.82 Å². The third-order valence-electron chi connectivity index (χ3n) is 4.80. The highest BCUT2D eigenvalue weighted by atomic mass is 32.2. The van der Waals surface area contributed by atoms with Gasteiger partial charge in [-0.3, -0.25) is 9.40 Å². The van der Waals surface area contributed by atoms with E-state index in [1.807, 2.05) is 30.3 Å². The fraction of sp³-hybridized carbons (Fsp3) is 0.250. The maximum Gasteiger partial charge on any atom is 0.319 e. The number of amides is 2. The van der Waals surface area contributed by atoms with Crippen LogP contribution in [0.15, 0.2) is 48.5 Å². The lowest BCUT2D eigenvalue weighted by Crippen LogP contribution is -2.38. The number of anilines is 2. The highest BCUT2D eigenvalue weighted by molar-refractivity contribution is 7.92. The monoisotopic (exact) mass is 426 g/mol. The van der Waals surface area contributed by atoms with Gasteiger partial charge >= 0.3 is 6.03 Å². The van der Waals surface area contributed by atoms with Gasteiger partial charge in [0.2, 0.25) is 10.0 Å². The number of para-hydroxylation sites is 1. The van der Waals surface area contributed by atoms with Crippen LogP contribution in [0.25, 0.3) is 11.4 Å². The van der Waals surface area contributed by atoms with Crippen molar-refractivity contribution in [2.45, 2.75) is 13.3 Å². The Morgan fingerprint density at radius 1 is 1.20 bits per heavy atom. The molecule has 2 aromatic carbocycles. The van der Waals surface area contributed by atoms with Gasteiger partial charge < -0.3 is 10.6 Å². The zero-order valence-electron chi connectivity index (χ0n) is 16.4. The number of hydrogen-bond donors (Lipinski definition) is 3. The Hall–Kier alpha value is -3.40. The molecule has 0 saturated heterocycles. The summed E-state index contributed by atoms with van der Waals surface area (Å²) in [5.74, 6) is 1.06. The molecular formula is C20H22N6O3S. The molecule has 0 atom stereocenters. The molecule has 1 aromatic heterocycles. The molecule has 156 valence electrons. The van der Waals surface area contributed by atoms with Crippen molar-refractivity contribution in [1.29, 1.82) is 0 Å². The van der Waals surface area contributed by atoms with Crippen molar-refractivity contribution in [3.63, 3.8) is 0 Å². The number of carbonyl (C=O) groups is 1. The van der Waals surface area contributed by atoms with E-state index in [1.165, 1.54) is 4.31 Å². The molecule has 1 aliphatic rings. The van der Waals surface area contributed by atoms with Crippen LogP contribution in [0.1, 0.15) is 11.4 Å². The van der Waals surface area contributed by atoms with E-state index in [0.29, 0.717) is 30.3 Å². The van der Waals surface area contributed by atoms with Crippen LogP contribution in [-0.4, -0.2) is 48.5 Å². The number of carbonyl (C=O) groups excluding carboxylic acids is 1. The van der Waals surface area contributed by atoms with Crippen LogP contribution in [-0.2, 0) is 16.4 Å². The second-order valence-corrected chi connectivity index (χ2v) is 8.99. The van der Waals surface area contributed by atoms with Gasteiger partial charge in [0.05, 0.1) is 11.4 Å². The number of H-pyrrole nitrogens is 1. The van der Waals surface area contributed by atoms with Crippen LogP contribution in [0.5, 0.6) is 0 Å². The number of aromatic nitrogens is 3. The molecule has 0 unspecified atom stereocenters. The number of hydrogen-bond acceptors (Lipinski definition) is 5. The zero-order chi connectivity index (χ0) is 21.1. The molecule has 0 fully saturated rings. The predicted octanol–water partition coefficient (Wildman–Crippen LogP) is 2.29. The van der Waals surface area contributed by atoms with Gasteiger partial charge in [-0.15, -0.1) is 0 Å². The Balaban J connectivity index is 1.32. The maximum atomic E-state index is 12.7. The number of benzene rings is 2. The lowest BCUT2D eigenvalue weighted by molar-refractivity contribution is 0.252. The fourth-order valence-corrected chi connectivity index (χ4v) is 4.81. The summed E-state index contributed by atoms with van der Waals surface area (Å²) in [7, 11) is -3.51. The summed E-state index contributed by atoms with van der Waals surface area (Å²) in [5.41, 5.74) is 3.06. The first kappa shape index (κ1) is 19.9. The predicted molar refractivity (Wildman–Crippen MR) is 115 cm³/mol. The highest BCUT2D eigenvalue weighted by Crippen LogP contribution is 2.29. The van der Waals surface area contributed by atoms with E-state index < -0.39 is 16.1 Å². The van der Waals surface area contributed by atoms with Gasteiger partial charge in [-0.2, -0.15) is 5.10 Å². The summed E-state index contributed by atoms with van der Waals surface area (Å²) in [6, 6.07) is 14.1. The van der Waals surface area contributed by atoms with Crippen LogP contribution < -0.4 is 14.9 Å². The van der Waals surface area contributed by atoms with Gasteiger partial charge in [-0.1, -0.05) is 30.3 Å². The fourth-order valence-electron chi connectivity index (χ4n) is 3.38. The van der Waals surface area contributed by atoms with Gasteiger partial charge in [0.1, 0.15) is 5.82 Å². The minimum atomic E-state index is -3.51. The van der Waals surface area contributed by atoms with Crippen LogP contribution in [0.3, 0.4) is 0 Å². The van der Waals surface area contributed by atoms with E-state index in [4.69, 9.17) is 0 Å². The van der Waals surface area contributed by atoms with Crippen LogP contribution in [0, 0.1) is 6.92 Å². The summed E-state index contributed by atoms with van der Waals surface area (Å²) in [6.45, 7) is 2.24. The molecule has 30 heavy (non-hydrogen) atoms. The number of urea groups is 1. The normalized spacial score (nSPS) is 13.2. The Bertz CT molecular complexity index is 1170. The molecule has 10 heteroatoms. The Morgan fingerprint density at radius 3 is 2.83 bits per heavy atom. The number of aromatic amines is 1. The number of nitrogens with zero attached hydrogens (tertiary/aromatic N) is 3. The van der Waals surface area contributed by atoms with E-state index in [2.05, 4.69) is 25.8 Å². The lowest BCUT2D eigenvalue weighted by Gasteiger charge is -2.19. The Kier molecular flexibility index (Phi) is 5.40. The number of rotatable bonds is 6. The standard InChI is InChI=1S/C20H22N6O3S/c1-14-22-19(25-24-14)16-6-4-7-17(13-16)23-20(27)21-10-12-30(28,29)26-11-9-15-5-2-3-8-18(15)26/h2-8,13H,9-12H2,1H3,(H2,21,23,27)(H,22,24,25). The molecule has 9 nitrogen and oxygen atoms in total. The van der Waals surface area contributed by atoms with Crippen molar-refractivity contribution in [2.75, 3.05) is 28.5 Å². The minimum Gasteiger partial charge on any atom is -0.337 e. The van der Waals surface area contributed by atoms with Gasteiger partial charge in [0, 0.05) is 24.3 Å². The molecule has 1 aliphatic heterocycles. The molecule has 2 heterocycles. The molecule has 2 amide bonds. The Morgan fingerprint density at radius 2 is 2.03 bits per heavy atom. The average Bonchev–Trinajstić information content (AvgIpc) is 3.35. The SMILES string of the molecule is Cc1nc(-c2cccc(NC(=O)NCCS(=O)(=O)N3CCc4ccccc43)c2)n[nH]1. The van der Waals surface area contributed by atoms with Crippen molar-refractivity contribution in [3.05, 3.63) is 59.9 Å². The van der Waals surface area contributed by atoms with Gasteiger partial charge in [-0.25, -0.2) is 18.2 Å². The van der Waals surface area contributed by atoms with Crippen molar-refractivity contribution in [1.82, 2.24) is 20.5 Å². The molecule has 0 bridgehead atoms. The van der Waals surface area contributed by atoms with Gasteiger partial charge in [0.25, 0.3) is 0 Å². The highest BCUT2D eigenvalue weighted by Gasteiger charge is 2.28. The quantitative estimate of drug-likeness (QED) is 0.559. The van der Waals surface area contributed by atoms with Crippen molar-refractivity contribution in [3.8, 4) is 11.4 Å². The molecule has 0 spiro atoms. The molecule has 0 saturated carbocycles. The number of sulfonamides is 1. The van der Waals surface area contributed by atoms with E-state index in [1.54, 1.807) is 25.1 Å². The lowest BCUT2D eigenvalue weighted by atomic mass is 10.2. The third kappa shape index (κ3) is 4.28. The molecule has 3 aromatic rings. The summed E-state index contributed by atoms with van der Waals surface area (Å²) in [4.78, 5) is 16.5. The second kappa shape index (κ2) is 8.15. The van der Waals surface area contributed by atoms with Gasteiger partial charge in [-0.05, 0) is 37.1 Å². The third-order valence-corrected chi connectivity index (χ3v) is 6.57. The van der Waals surface area contributed by atoms with E-state index in [9.17, 15) is 13.2 Å². The number of nitrogens with one attached hydrogen (secondary N) is 3. The minimum absolute atomic E-state index is 0.00659. The first-order valence-corrected chi connectivity index (χ1v) is 11.2. The molecule has 3 N–H and O–H groups in total. The summed E-state index contributed by atoms with van der Waals surface area (Å²) < 4.78 is 26.8. The van der Waals surface area contributed by atoms with E-state index in [0.717, 1.165) is 16.8 Å². The topological polar surface area (TPSA) is 120 Å². The summed E-state index contributed by atoms with van der Waals surface area (Å²) in [6.07, 6.45) is 0.698. The summed E-state index contributed by atoms with van der Waals surface area (Å²) >= 11 is 0. The van der Waals surface area contributed by atoms with Crippen LogP contribution >= 0.6 is 0 Å². The maximum absolute atomic E-state index is 12.7. The summed E-state index contributed by atoms with van der Waals surface area (Å²) in [5, 5.41) is 12.2.